The molecule has 86 valence electrons. The van der Waals surface area contributed by atoms with Crippen LogP contribution in [0.2, 0.25) is 0 Å². The van der Waals surface area contributed by atoms with Crippen LogP contribution in [0.5, 0.6) is 0 Å². The van der Waals surface area contributed by atoms with Crippen molar-refractivity contribution in [3.05, 3.63) is 0 Å². The van der Waals surface area contributed by atoms with Crippen molar-refractivity contribution < 1.29 is 18.9 Å². The average molecular weight is 206 g/mol. The Hall–Kier alpha value is -0.160. The van der Waals surface area contributed by atoms with Gasteiger partial charge in [-0.05, 0) is 6.42 Å². The van der Waals surface area contributed by atoms with E-state index in [0.29, 0.717) is 19.8 Å². The fraction of sp³-hybridized carbons (Fsp3) is 1.00. The lowest BCUT2D eigenvalue weighted by Gasteiger charge is -2.12. The van der Waals surface area contributed by atoms with Crippen molar-refractivity contribution in [2.45, 2.75) is 26.1 Å². The van der Waals surface area contributed by atoms with Gasteiger partial charge in [-0.25, -0.2) is 0 Å². The summed E-state index contributed by atoms with van der Waals surface area (Å²) in [5, 5.41) is 0. The van der Waals surface area contributed by atoms with Gasteiger partial charge < -0.3 is 18.9 Å². The van der Waals surface area contributed by atoms with Gasteiger partial charge in [0.15, 0.2) is 6.29 Å². The summed E-state index contributed by atoms with van der Waals surface area (Å²) in [4.78, 5) is 0. The largest absolute Gasteiger partial charge is 0.379 e. The zero-order chi connectivity index (χ0) is 10.6. The molecule has 0 aliphatic carbocycles. The lowest BCUT2D eigenvalue weighted by molar-refractivity contribution is -0.116. The Morgan fingerprint density at radius 1 is 0.857 bits per heavy atom. The summed E-state index contributed by atoms with van der Waals surface area (Å²) in [6.45, 7) is 4.84. The maximum Gasteiger partial charge on any atom is 0.159 e. The van der Waals surface area contributed by atoms with Gasteiger partial charge >= 0.3 is 0 Å². The predicted molar refractivity (Wildman–Crippen MR) is 54.4 cm³/mol. The van der Waals surface area contributed by atoms with E-state index in [1.54, 1.807) is 14.2 Å². The normalized spacial score (nSPS) is 11.1. The van der Waals surface area contributed by atoms with Crippen LogP contribution < -0.4 is 0 Å². The molecule has 0 unspecified atom stereocenters. The second-order valence-electron chi connectivity index (χ2n) is 2.91. The molecule has 0 saturated heterocycles. The van der Waals surface area contributed by atoms with E-state index < -0.39 is 0 Å². The molecule has 14 heavy (non-hydrogen) atoms. The van der Waals surface area contributed by atoms with Crippen molar-refractivity contribution in [1.29, 1.82) is 0 Å². The Bertz CT molecular complexity index is 104. The van der Waals surface area contributed by atoms with E-state index in [-0.39, 0.29) is 6.29 Å². The lowest BCUT2D eigenvalue weighted by atomic mass is 10.4. The van der Waals surface area contributed by atoms with Crippen LogP contribution in [0.25, 0.3) is 0 Å². The van der Waals surface area contributed by atoms with Crippen LogP contribution in [0, 0.1) is 0 Å². The summed E-state index contributed by atoms with van der Waals surface area (Å²) in [7, 11) is 3.25. The summed E-state index contributed by atoms with van der Waals surface area (Å²) in [6.07, 6.45) is 1.64. The van der Waals surface area contributed by atoms with Crippen LogP contribution in [0.1, 0.15) is 19.8 Å². The Labute approximate surface area is 86.5 Å². The SMILES string of the molecule is CCCOCCOCCC(OC)OC. The van der Waals surface area contributed by atoms with E-state index in [4.69, 9.17) is 18.9 Å². The van der Waals surface area contributed by atoms with Gasteiger partial charge in [0.05, 0.1) is 19.8 Å². The molecule has 0 saturated carbocycles. The molecule has 0 atom stereocenters. The van der Waals surface area contributed by atoms with Crippen molar-refractivity contribution in [1.82, 2.24) is 0 Å². The molecule has 4 heteroatoms. The minimum atomic E-state index is -0.161. The Kier molecular flexibility index (Phi) is 10.8. The molecule has 0 aromatic carbocycles. The van der Waals surface area contributed by atoms with Gasteiger partial charge in [-0.2, -0.15) is 0 Å². The van der Waals surface area contributed by atoms with Gasteiger partial charge in [0, 0.05) is 27.2 Å². The average Bonchev–Trinajstić information content (AvgIpc) is 2.22. The van der Waals surface area contributed by atoms with Gasteiger partial charge in [0.25, 0.3) is 0 Å². The highest BCUT2D eigenvalue weighted by atomic mass is 16.7. The molecule has 0 amide bonds. The molecule has 0 heterocycles. The maximum atomic E-state index is 5.33. The van der Waals surface area contributed by atoms with E-state index in [1.807, 2.05) is 0 Å². The van der Waals surface area contributed by atoms with E-state index in [2.05, 4.69) is 6.92 Å². The van der Waals surface area contributed by atoms with Gasteiger partial charge in [0.2, 0.25) is 0 Å². The molecule has 0 radical (unpaired) electrons. The lowest BCUT2D eigenvalue weighted by Crippen LogP contribution is -2.16. The molecule has 0 aromatic rings. The molecule has 0 rings (SSSR count). The Morgan fingerprint density at radius 2 is 1.43 bits per heavy atom. The summed E-state index contributed by atoms with van der Waals surface area (Å²) in [5.74, 6) is 0. The molecule has 4 nitrogen and oxygen atoms in total. The van der Waals surface area contributed by atoms with Crippen molar-refractivity contribution >= 4 is 0 Å². The first-order valence-electron chi connectivity index (χ1n) is 5.06. The van der Waals surface area contributed by atoms with E-state index in [0.717, 1.165) is 19.4 Å². The number of methoxy groups -OCH3 is 2. The fourth-order valence-electron chi connectivity index (χ4n) is 0.978. The minimum Gasteiger partial charge on any atom is -0.379 e. The molecule has 0 aromatic heterocycles. The van der Waals surface area contributed by atoms with Gasteiger partial charge in [-0.1, -0.05) is 6.92 Å². The third-order valence-electron chi connectivity index (χ3n) is 1.74. The molecule has 0 fully saturated rings. The quantitative estimate of drug-likeness (QED) is 0.400. The van der Waals surface area contributed by atoms with E-state index >= 15 is 0 Å². The fourth-order valence-corrected chi connectivity index (χ4v) is 0.978. The van der Waals surface area contributed by atoms with Crippen LogP contribution in [0.3, 0.4) is 0 Å². The maximum absolute atomic E-state index is 5.33. The van der Waals surface area contributed by atoms with Crippen LogP contribution in [0.4, 0.5) is 0 Å². The standard InChI is InChI=1S/C10H22O4/c1-4-6-13-8-9-14-7-5-10(11-2)12-3/h10H,4-9H2,1-3H3. The second kappa shape index (κ2) is 10.9. The van der Waals surface area contributed by atoms with E-state index in [9.17, 15) is 0 Å². The van der Waals surface area contributed by atoms with Crippen LogP contribution in [-0.4, -0.2) is 46.9 Å². The van der Waals surface area contributed by atoms with Gasteiger partial charge in [0.1, 0.15) is 0 Å². The van der Waals surface area contributed by atoms with E-state index in [1.165, 1.54) is 0 Å². The monoisotopic (exact) mass is 206 g/mol. The highest BCUT2D eigenvalue weighted by Crippen LogP contribution is 1.97. The molecule has 0 spiro atoms. The summed E-state index contributed by atoms with van der Waals surface area (Å²) < 4.78 is 20.6. The molecular weight excluding hydrogens is 184 g/mol. The summed E-state index contributed by atoms with van der Waals surface area (Å²) >= 11 is 0. The van der Waals surface area contributed by atoms with Gasteiger partial charge in [-0.15, -0.1) is 0 Å². The zero-order valence-electron chi connectivity index (χ0n) is 9.45. The smallest absolute Gasteiger partial charge is 0.159 e. The second-order valence-corrected chi connectivity index (χ2v) is 2.91. The number of hydrogen-bond acceptors (Lipinski definition) is 4. The van der Waals surface area contributed by atoms with Gasteiger partial charge in [-0.3, -0.25) is 0 Å². The highest BCUT2D eigenvalue weighted by molar-refractivity contribution is 4.42. The minimum absolute atomic E-state index is 0.161. The molecule has 0 aliphatic rings. The highest BCUT2D eigenvalue weighted by Gasteiger charge is 2.03. The molecular formula is C10H22O4. The topological polar surface area (TPSA) is 36.9 Å². The first kappa shape index (κ1) is 13.8. The number of rotatable bonds is 10. The van der Waals surface area contributed by atoms with Crippen LogP contribution in [0.15, 0.2) is 0 Å². The van der Waals surface area contributed by atoms with Crippen molar-refractivity contribution in [3.8, 4) is 0 Å². The number of hydrogen-bond donors (Lipinski definition) is 0. The van der Waals surface area contributed by atoms with Crippen LogP contribution >= 0.6 is 0 Å². The van der Waals surface area contributed by atoms with Crippen LogP contribution in [-0.2, 0) is 18.9 Å². The predicted octanol–water partition coefficient (Wildman–Crippen LogP) is 1.44. The first-order valence-corrected chi connectivity index (χ1v) is 5.06. The van der Waals surface area contributed by atoms with Crippen molar-refractivity contribution in [2.75, 3.05) is 40.6 Å². The third kappa shape index (κ3) is 8.44. The first-order chi connectivity index (χ1) is 6.85. The van der Waals surface area contributed by atoms with Crippen molar-refractivity contribution in [3.63, 3.8) is 0 Å². The van der Waals surface area contributed by atoms with Crippen molar-refractivity contribution in [2.24, 2.45) is 0 Å². The summed E-state index contributed by atoms with van der Waals surface area (Å²) in [5.41, 5.74) is 0. The molecule has 0 bridgehead atoms. The Balaban J connectivity index is 3.04. The number of ether oxygens (including phenoxy) is 4. The summed E-state index contributed by atoms with van der Waals surface area (Å²) in [6, 6.07) is 0. The Morgan fingerprint density at radius 3 is 1.93 bits per heavy atom. The zero-order valence-corrected chi connectivity index (χ0v) is 9.45. The molecule has 0 aliphatic heterocycles. The third-order valence-corrected chi connectivity index (χ3v) is 1.74. The molecule has 0 N–H and O–H groups in total.